The lowest BCUT2D eigenvalue weighted by Gasteiger charge is -2.28. The van der Waals surface area contributed by atoms with E-state index in [0.717, 1.165) is 31.2 Å². The molecule has 1 unspecified atom stereocenters. The van der Waals surface area contributed by atoms with Crippen LogP contribution in [0.4, 0.5) is 5.13 Å². The molecule has 4 nitrogen and oxygen atoms in total. The highest BCUT2D eigenvalue weighted by Crippen LogP contribution is 2.28. The number of hydrogen-bond acceptors (Lipinski definition) is 5. The highest BCUT2D eigenvalue weighted by Gasteiger charge is 2.21. The van der Waals surface area contributed by atoms with Gasteiger partial charge < -0.3 is 10.1 Å². The fraction of sp³-hybridized carbons (Fsp3) is 0.636. The number of aromatic nitrogens is 1. The lowest BCUT2D eigenvalue weighted by Crippen LogP contribution is -2.30. The molecule has 1 saturated heterocycles. The quantitative estimate of drug-likeness (QED) is 0.918. The number of ether oxygens (including phenoxy) is 1. The summed E-state index contributed by atoms with van der Waals surface area (Å²) in [5.74, 6) is 0.594. The van der Waals surface area contributed by atoms with E-state index in [4.69, 9.17) is 21.6 Å². The van der Waals surface area contributed by atoms with Gasteiger partial charge in [-0.1, -0.05) is 22.9 Å². The Morgan fingerprint density at radius 2 is 2.29 bits per heavy atom. The van der Waals surface area contributed by atoms with Crippen LogP contribution in [0, 0.1) is 17.2 Å². The summed E-state index contributed by atoms with van der Waals surface area (Å²) < 4.78 is 5.34. The Labute approximate surface area is 110 Å². The van der Waals surface area contributed by atoms with E-state index in [0.29, 0.717) is 22.0 Å². The van der Waals surface area contributed by atoms with Crippen molar-refractivity contribution in [2.24, 2.45) is 5.92 Å². The lowest BCUT2D eigenvalue weighted by molar-refractivity contribution is 0.0622. The van der Waals surface area contributed by atoms with E-state index in [9.17, 15) is 0 Å². The van der Waals surface area contributed by atoms with E-state index in [2.05, 4.69) is 17.2 Å². The van der Waals surface area contributed by atoms with Gasteiger partial charge in [0.25, 0.3) is 0 Å². The summed E-state index contributed by atoms with van der Waals surface area (Å²) in [6, 6.07) is 2.36. The zero-order valence-electron chi connectivity index (χ0n) is 9.57. The van der Waals surface area contributed by atoms with Gasteiger partial charge in [-0.3, -0.25) is 0 Å². The third-order valence-corrected chi connectivity index (χ3v) is 4.29. The first-order valence-electron chi connectivity index (χ1n) is 5.61. The number of nitrogens with one attached hydrogen (secondary N) is 1. The van der Waals surface area contributed by atoms with Crippen molar-refractivity contribution in [3.63, 3.8) is 0 Å². The van der Waals surface area contributed by atoms with Crippen molar-refractivity contribution in [2.75, 3.05) is 18.5 Å². The van der Waals surface area contributed by atoms with E-state index in [1.165, 1.54) is 11.3 Å². The van der Waals surface area contributed by atoms with Crippen molar-refractivity contribution in [2.45, 2.75) is 25.8 Å². The Morgan fingerprint density at radius 3 is 2.88 bits per heavy atom. The molecule has 2 heterocycles. The Hall–Kier alpha value is -0.830. The minimum atomic E-state index is 0.291. The predicted octanol–water partition coefficient (Wildman–Crippen LogP) is 2.90. The van der Waals surface area contributed by atoms with E-state index < -0.39 is 0 Å². The van der Waals surface area contributed by atoms with Crippen LogP contribution in [0.25, 0.3) is 0 Å². The smallest absolute Gasteiger partial charge is 0.185 e. The molecule has 1 atom stereocenters. The van der Waals surface area contributed by atoms with Gasteiger partial charge in [0.1, 0.15) is 10.9 Å². The van der Waals surface area contributed by atoms with Crippen LogP contribution in [0.1, 0.15) is 24.6 Å². The van der Waals surface area contributed by atoms with Crippen LogP contribution in [0.2, 0.25) is 5.15 Å². The third kappa shape index (κ3) is 3.09. The van der Waals surface area contributed by atoms with Crippen molar-refractivity contribution in [3.8, 4) is 6.07 Å². The third-order valence-electron chi connectivity index (χ3n) is 3.01. The molecule has 1 aromatic rings. The molecule has 1 aromatic heterocycles. The van der Waals surface area contributed by atoms with E-state index in [-0.39, 0.29) is 0 Å². The van der Waals surface area contributed by atoms with Crippen LogP contribution < -0.4 is 5.32 Å². The first-order chi connectivity index (χ1) is 8.20. The minimum absolute atomic E-state index is 0.291. The highest BCUT2D eigenvalue weighted by atomic mass is 35.5. The Bertz CT molecular complexity index is 423. The molecule has 0 aliphatic carbocycles. The zero-order chi connectivity index (χ0) is 12.3. The van der Waals surface area contributed by atoms with E-state index in [1.807, 2.05) is 6.07 Å². The van der Waals surface area contributed by atoms with Gasteiger partial charge in [-0.2, -0.15) is 5.26 Å². The number of halogens is 1. The first-order valence-corrected chi connectivity index (χ1v) is 6.81. The Balaban J connectivity index is 1.97. The summed E-state index contributed by atoms with van der Waals surface area (Å²) in [5.41, 5.74) is 0. The first kappa shape index (κ1) is 12.6. The van der Waals surface area contributed by atoms with Crippen molar-refractivity contribution in [3.05, 3.63) is 10.0 Å². The lowest BCUT2D eigenvalue weighted by atomic mass is 9.93. The maximum atomic E-state index is 8.81. The molecule has 17 heavy (non-hydrogen) atoms. The molecule has 1 aliphatic heterocycles. The summed E-state index contributed by atoms with van der Waals surface area (Å²) >= 11 is 7.14. The topological polar surface area (TPSA) is 57.9 Å². The molecule has 0 spiro atoms. The van der Waals surface area contributed by atoms with E-state index in [1.54, 1.807) is 0 Å². The van der Waals surface area contributed by atoms with Gasteiger partial charge in [-0.25, -0.2) is 4.98 Å². The fourth-order valence-electron chi connectivity index (χ4n) is 1.96. The molecular weight excluding hydrogens is 258 g/mol. The highest BCUT2D eigenvalue weighted by molar-refractivity contribution is 7.16. The summed E-state index contributed by atoms with van der Waals surface area (Å²) in [5, 5.41) is 13.1. The zero-order valence-corrected chi connectivity index (χ0v) is 11.1. The van der Waals surface area contributed by atoms with Crippen molar-refractivity contribution in [1.29, 1.82) is 5.26 Å². The van der Waals surface area contributed by atoms with Crippen LogP contribution in [-0.4, -0.2) is 24.2 Å². The molecule has 0 aromatic carbocycles. The molecule has 0 bridgehead atoms. The molecule has 1 aliphatic rings. The number of nitrogens with zero attached hydrogens (tertiary/aromatic N) is 2. The molecular formula is C11H14ClN3OS. The standard InChI is InChI=1S/C11H14ClN3OS/c1-7(8-2-4-16-5-3-8)14-11-15-10(12)9(6-13)17-11/h7-8H,2-5H2,1H3,(H,14,15). The van der Waals surface area contributed by atoms with Crippen LogP contribution in [0.15, 0.2) is 0 Å². The molecule has 0 radical (unpaired) electrons. The molecule has 6 heteroatoms. The van der Waals surface area contributed by atoms with Gasteiger partial charge >= 0.3 is 0 Å². The minimum Gasteiger partial charge on any atom is -0.381 e. The largest absolute Gasteiger partial charge is 0.381 e. The normalized spacial score (nSPS) is 18.6. The second kappa shape index (κ2) is 5.67. The number of hydrogen-bond donors (Lipinski definition) is 1. The van der Waals surface area contributed by atoms with Crippen LogP contribution in [0.5, 0.6) is 0 Å². The average molecular weight is 272 g/mol. The van der Waals surface area contributed by atoms with Gasteiger partial charge in [0.15, 0.2) is 10.3 Å². The summed E-state index contributed by atoms with van der Waals surface area (Å²) in [6.07, 6.45) is 2.14. The molecule has 92 valence electrons. The molecule has 0 amide bonds. The van der Waals surface area contributed by atoms with Crippen LogP contribution >= 0.6 is 22.9 Å². The molecule has 0 saturated carbocycles. The van der Waals surface area contributed by atoms with Gasteiger partial charge in [0.2, 0.25) is 0 Å². The van der Waals surface area contributed by atoms with Gasteiger partial charge in [0.05, 0.1) is 0 Å². The Morgan fingerprint density at radius 1 is 1.59 bits per heavy atom. The molecule has 1 fully saturated rings. The van der Waals surface area contributed by atoms with Gasteiger partial charge in [-0.15, -0.1) is 0 Å². The van der Waals surface area contributed by atoms with Crippen LogP contribution in [0.3, 0.4) is 0 Å². The monoisotopic (exact) mass is 271 g/mol. The second-order valence-corrected chi connectivity index (χ2v) is 5.49. The number of nitriles is 1. The predicted molar refractivity (Wildman–Crippen MR) is 68.5 cm³/mol. The fourth-order valence-corrected chi connectivity index (χ4v) is 3.00. The summed E-state index contributed by atoms with van der Waals surface area (Å²) in [6.45, 7) is 3.80. The Kier molecular flexibility index (Phi) is 4.21. The SMILES string of the molecule is CC(Nc1nc(Cl)c(C#N)s1)C1CCOCC1. The second-order valence-electron chi connectivity index (χ2n) is 4.13. The number of rotatable bonds is 3. The summed E-state index contributed by atoms with van der Waals surface area (Å²) in [4.78, 5) is 4.60. The molecule has 2 rings (SSSR count). The molecule has 1 N–H and O–H groups in total. The van der Waals surface area contributed by atoms with Crippen molar-refractivity contribution in [1.82, 2.24) is 4.98 Å². The van der Waals surface area contributed by atoms with Gasteiger partial charge in [-0.05, 0) is 25.7 Å². The van der Waals surface area contributed by atoms with Crippen molar-refractivity contribution >= 4 is 28.1 Å². The number of thiazole rings is 1. The van der Waals surface area contributed by atoms with Crippen molar-refractivity contribution < 1.29 is 4.74 Å². The number of anilines is 1. The maximum absolute atomic E-state index is 8.81. The van der Waals surface area contributed by atoms with E-state index >= 15 is 0 Å². The van der Waals surface area contributed by atoms with Gasteiger partial charge in [0, 0.05) is 19.3 Å². The average Bonchev–Trinajstić information content (AvgIpc) is 2.70. The van der Waals surface area contributed by atoms with Crippen LogP contribution in [-0.2, 0) is 4.74 Å². The summed E-state index contributed by atoms with van der Waals surface area (Å²) in [7, 11) is 0. The maximum Gasteiger partial charge on any atom is 0.185 e.